The van der Waals surface area contributed by atoms with Gasteiger partial charge in [0.15, 0.2) is 6.29 Å². The fourth-order valence-electron chi connectivity index (χ4n) is 7.65. The van der Waals surface area contributed by atoms with Gasteiger partial charge in [0.05, 0.1) is 12.7 Å². The minimum absolute atomic E-state index is 0.0950. The predicted molar refractivity (Wildman–Crippen MR) is 251 cm³/mol. The fraction of sp³-hybridized carbons (Fsp3) is 0.717. The van der Waals surface area contributed by atoms with Gasteiger partial charge in [-0.25, -0.2) is 0 Å². The molecule has 0 saturated carbocycles. The number of phenolic OH excluding ortho intramolecular Hbond substituents is 1. The van der Waals surface area contributed by atoms with Crippen molar-refractivity contribution in [3.8, 4) is 11.5 Å². The summed E-state index contributed by atoms with van der Waals surface area (Å²) in [7, 11) is 1.51. The van der Waals surface area contributed by atoms with Crippen molar-refractivity contribution in [3.05, 3.63) is 58.2 Å². The lowest BCUT2D eigenvalue weighted by Gasteiger charge is -2.17. The Kier molecular flexibility index (Phi) is 34.1. The molecule has 0 radical (unpaired) electrons. The molecule has 0 fully saturated rings. The molecule has 1 unspecified atom stereocenters. The Balaban J connectivity index is 2.50. The van der Waals surface area contributed by atoms with Gasteiger partial charge in [-0.05, 0) is 77.9 Å². The normalized spacial score (nSPS) is 12.1. The van der Waals surface area contributed by atoms with Gasteiger partial charge >= 0.3 is 11.9 Å². The Morgan fingerprint density at radius 1 is 0.667 bits per heavy atom. The summed E-state index contributed by atoms with van der Waals surface area (Å²) in [4.78, 5) is 37.5. The summed E-state index contributed by atoms with van der Waals surface area (Å²) < 4.78 is 17.1. The van der Waals surface area contributed by atoms with E-state index in [1.807, 2.05) is 32.9 Å². The number of rotatable bonds is 39. The van der Waals surface area contributed by atoms with Gasteiger partial charge in [-0.3, -0.25) is 14.4 Å². The van der Waals surface area contributed by atoms with E-state index in [1.165, 1.54) is 129 Å². The van der Waals surface area contributed by atoms with Gasteiger partial charge in [-0.1, -0.05) is 172 Å². The lowest BCUT2D eigenvalue weighted by Crippen LogP contribution is -2.17. The highest BCUT2D eigenvalue weighted by molar-refractivity contribution is 5.84. The number of allylic oxidation sites excluding steroid dienone is 4. The topological polar surface area (TPSA) is 99.1 Å². The SMILES string of the molecule is CCCCCCCC/C=C/CCCCCCCC(=O)OC(C=C(C)C)CC(C)=CCc1c(OC)cc(COC(=O)CCCCCCCCCCCCCCC)c(C=O)c1O. The molecule has 0 spiro atoms. The van der Waals surface area contributed by atoms with Crippen LogP contribution in [0.5, 0.6) is 11.5 Å². The second-order valence-electron chi connectivity index (χ2n) is 17.3. The lowest BCUT2D eigenvalue weighted by atomic mass is 9.98. The van der Waals surface area contributed by atoms with E-state index in [9.17, 15) is 19.5 Å². The molecule has 7 heteroatoms. The number of carbonyl (C=O) groups excluding carboxylic acids is 3. The molecule has 1 aromatic rings. The van der Waals surface area contributed by atoms with Crippen molar-refractivity contribution in [1.82, 2.24) is 0 Å². The number of aromatic hydroxyl groups is 1. The van der Waals surface area contributed by atoms with Crippen molar-refractivity contribution in [2.45, 2.75) is 240 Å². The molecular weight excluding hydrogens is 749 g/mol. The van der Waals surface area contributed by atoms with Crippen LogP contribution in [0.15, 0.2) is 41.5 Å². The molecule has 0 heterocycles. The van der Waals surface area contributed by atoms with Crippen LogP contribution in [0.4, 0.5) is 0 Å². The van der Waals surface area contributed by atoms with Gasteiger partial charge in [0, 0.05) is 30.4 Å². The Morgan fingerprint density at radius 3 is 1.60 bits per heavy atom. The number of esters is 2. The molecule has 0 aromatic heterocycles. The lowest BCUT2D eigenvalue weighted by molar-refractivity contribution is -0.147. The van der Waals surface area contributed by atoms with E-state index in [1.54, 1.807) is 6.07 Å². The minimum atomic E-state index is -0.389. The quantitative estimate of drug-likeness (QED) is 0.0305. The third-order valence-corrected chi connectivity index (χ3v) is 11.3. The van der Waals surface area contributed by atoms with Crippen LogP contribution in [0.1, 0.15) is 242 Å². The average molecular weight is 837 g/mol. The smallest absolute Gasteiger partial charge is 0.306 e. The minimum Gasteiger partial charge on any atom is -0.507 e. The molecule has 1 atom stereocenters. The summed E-state index contributed by atoms with van der Waals surface area (Å²) in [6, 6.07) is 1.67. The molecular formula is C53H88O7. The van der Waals surface area contributed by atoms with Crippen molar-refractivity contribution in [2.24, 2.45) is 0 Å². The Bertz CT molecular complexity index is 1370. The number of hydrogen-bond donors (Lipinski definition) is 1. The number of benzene rings is 1. The molecule has 1 N–H and O–H groups in total. The van der Waals surface area contributed by atoms with Crippen molar-refractivity contribution in [3.63, 3.8) is 0 Å². The van der Waals surface area contributed by atoms with E-state index >= 15 is 0 Å². The second-order valence-corrected chi connectivity index (χ2v) is 17.3. The summed E-state index contributed by atoms with van der Waals surface area (Å²) in [6.45, 7) is 10.4. The molecule has 0 aliphatic heterocycles. The maximum absolute atomic E-state index is 12.8. The number of hydrogen-bond acceptors (Lipinski definition) is 7. The molecule has 7 nitrogen and oxygen atoms in total. The van der Waals surface area contributed by atoms with E-state index < -0.39 is 0 Å². The highest BCUT2D eigenvalue weighted by atomic mass is 16.5. The van der Waals surface area contributed by atoms with E-state index in [2.05, 4.69) is 26.0 Å². The van der Waals surface area contributed by atoms with Crippen LogP contribution in [0.2, 0.25) is 0 Å². The van der Waals surface area contributed by atoms with Crippen LogP contribution in [0.25, 0.3) is 0 Å². The highest BCUT2D eigenvalue weighted by Gasteiger charge is 2.19. The van der Waals surface area contributed by atoms with Crippen LogP contribution in [-0.4, -0.2) is 36.5 Å². The van der Waals surface area contributed by atoms with Gasteiger partial charge in [0.1, 0.15) is 24.2 Å². The highest BCUT2D eigenvalue weighted by Crippen LogP contribution is 2.35. The summed E-state index contributed by atoms with van der Waals surface area (Å²) in [6.07, 6.45) is 42.3. The summed E-state index contributed by atoms with van der Waals surface area (Å²) >= 11 is 0. The summed E-state index contributed by atoms with van der Waals surface area (Å²) in [5.74, 6) is -0.256. The maximum Gasteiger partial charge on any atom is 0.306 e. The van der Waals surface area contributed by atoms with Crippen molar-refractivity contribution >= 4 is 18.2 Å². The molecule has 0 saturated heterocycles. The van der Waals surface area contributed by atoms with Crippen LogP contribution in [0, 0.1) is 0 Å². The maximum atomic E-state index is 12.8. The first-order chi connectivity index (χ1) is 29.2. The van der Waals surface area contributed by atoms with Gasteiger partial charge in [0.25, 0.3) is 0 Å². The number of phenols is 1. The zero-order valence-electron chi connectivity index (χ0n) is 39.4. The van der Waals surface area contributed by atoms with Crippen LogP contribution >= 0.6 is 0 Å². The van der Waals surface area contributed by atoms with E-state index in [4.69, 9.17) is 14.2 Å². The Labute approximate surface area is 367 Å². The number of aldehydes is 1. The zero-order valence-corrected chi connectivity index (χ0v) is 39.4. The van der Waals surface area contributed by atoms with Gasteiger partial charge in [0.2, 0.25) is 0 Å². The third-order valence-electron chi connectivity index (χ3n) is 11.3. The third kappa shape index (κ3) is 28.2. The molecule has 0 aliphatic rings. The standard InChI is InChI=1S/C53H88O7/c1-7-9-11-13-15-17-19-21-22-24-26-28-30-32-34-36-52(56)60-47(39-44(3)4)40-45(5)37-38-48-50(58-6)41-46(49(42-54)53(48)57)43-59-51(55)35-33-31-29-27-25-23-20-18-16-14-12-10-8-2/h21-22,37,39,41-42,47,57H,7-20,23-36,38,40,43H2,1-6H3/b22-21+,45-37?. The van der Waals surface area contributed by atoms with Crippen LogP contribution in [0.3, 0.4) is 0 Å². The first-order valence-corrected chi connectivity index (χ1v) is 24.3. The average Bonchev–Trinajstić information content (AvgIpc) is 3.22. The Morgan fingerprint density at radius 2 is 1.13 bits per heavy atom. The first-order valence-electron chi connectivity index (χ1n) is 24.3. The molecule has 1 aromatic carbocycles. The number of methoxy groups -OCH3 is 1. The first kappa shape index (κ1) is 54.7. The Hall–Kier alpha value is -3.35. The van der Waals surface area contributed by atoms with Crippen molar-refractivity contribution in [2.75, 3.05) is 7.11 Å². The zero-order chi connectivity index (χ0) is 44.1. The van der Waals surface area contributed by atoms with Gasteiger partial charge in [-0.2, -0.15) is 0 Å². The van der Waals surface area contributed by atoms with Gasteiger partial charge < -0.3 is 19.3 Å². The number of ether oxygens (including phenoxy) is 3. The molecule has 60 heavy (non-hydrogen) atoms. The molecule has 342 valence electrons. The van der Waals surface area contributed by atoms with Crippen molar-refractivity contribution < 1.29 is 33.7 Å². The van der Waals surface area contributed by atoms with E-state index in [0.717, 1.165) is 56.1 Å². The number of unbranched alkanes of at least 4 members (excludes halogenated alkanes) is 23. The monoisotopic (exact) mass is 837 g/mol. The fourth-order valence-corrected chi connectivity index (χ4v) is 7.65. The van der Waals surface area contributed by atoms with Crippen LogP contribution in [-0.2, 0) is 32.1 Å². The second kappa shape index (κ2) is 37.4. The van der Waals surface area contributed by atoms with Gasteiger partial charge in [-0.15, -0.1) is 0 Å². The summed E-state index contributed by atoms with van der Waals surface area (Å²) in [5.41, 5.74) is 3.02. The van der Waals surface area contributed by atoms with E-state index in [0.29, 0.717) is 48.8 Å². The summed E-state index contributed by atoms with van der Waals surface area (Å²) in [5, 5.41) is 11.2. The van der Waals surface area contributed by atoms with Crippen LogP contribution < -0.4 is 4.74 Å². The predicted octanol–water partition coefficient (Wildman–Crippen LogP) is 15.5. The largest absolute Gasteiger partial charge is 0.507 e. The molecule has 0 aliphatic carbocycles. The van der Waals surface area contributed by atoms with Crippen molar-refractivity contribution in [1.29, 1.82) is 0 Å². The molecule has 0 bridgehead atoms. The molecule has 0 amide bonds. The van der Waals surface area contributed by atoms with E-state index in [-0.39, 0.29) is 36.0 Å². The number of carbonyl (C=O) groups is 3. The molecule has 1 rings (SSSR count).